The van der Waals surface area contributed by atoms with Gasteiger partial charge in [0.05, 0.1) is 17.1 Å². The molecule has 2 N–H and O–H groups in total. The van der Waals surface area contributed by atoms with E-state index in [2.05, 4.69) is 22.3 Å². The van der Waals surface area contributed by atoms with Crippen LogP contribution < -0.4 is 9.75 Å². The number of anilines is 1. The first kappa shape index (κ1) is 37.7. The van der Waals surface area contributed by atoms with Crippen molar-refractivity contribution in [1.82, 2.24) is 0 Å². The summed E-state index contributed by atoms with van der Waals surface area (Å²) in [4.78, 5) is 13.2. The number of hydrogen-bond acceptors (Lipinski definition) is 8. The molecule has 0 radical (unpaired) electrons. The second-order valence-electron chi connectivity index (χ2n) is 12.6. The number of nitrogens with zero attached hydrogens (tertiary/aromatic N) is 4. The van der Waals surface area contributed by atoms with Gasteiger partial charge in [-0.05, 0) is 55.3 Å². The van der Waals surface area contributed by atoms with Gasteiger partial charge in [-0.15, -0.1) is 0 Å². The zero-order valence-electron chi connectivity index (χ0n) is 28.5. The number of ether oxygens (including phenoxy) is 1. The molecular weight excluding hydrogens is 641 g/mol. The summed E-state index contributed by atoms with van der Waals surface area (Å²) < 4.78 is 40.5. The molecule has 10 nitrogen and oxygen atoms in total. The quantitative estimate of drug-likeness (QED) is 0.0610. The van der Waals surface area contributed by atoms with Crippen molar-refractivity contribution in [3.63, 3.8) is 0 Å². The van der Waals surface area contributed by atoms with Crippen molar-refractivity contribution in [3.05, 3.63) is 72.8 Å². The highest BCUT2D eigenvalue weighted by Gasteiger charge is 2.37. The number of unbranched alkanes of at least 4 members (excludes halogenated alkanes) is 14. The minimum Gasteiger partial charge on any atom is -0.508 e. The number of para-hydroxylation sites is 1. The lowest BCUT2D eigenvalue weighted by Gasteiger charge is -2.15. The highest BCUT2D eigenvalue weighted by molar-refractivity contribution is 7.86. The maximum Gasteiger partial charge on any atom is 0.298 e. The average Bonchev–Trinajstić information content (AvgIpc) is 3.40. The summed E-state index contributed by atoms with van der Waals surface area (Å²) >= 11 is 0. The van der Waals surface area contributed by atoms with Crippen LogP contribution in [0.25, 0.3) is 0 Å². The van der Waals surface area contributed by atoms with Crippen LogP contribution in [-0.2, 0) is 14.9 Å². The molecule has 1 aliphatic rings. The summed E-state index contributed by atoms with van der Waals surface area (Å²) in [5.74, 6) is -0.184. The molecule has 3 aromatic rings. The van der Waals surface area contributed by atoms with Gasteiger partial charge in [-0.3, -0.25) is 9.35 Å². The van der Waals surface area contributed by atoms with E-state index in [1.807, 2.05) is 0 Å². The van der Waals surface area contributed by atoms with Crippen LogP contribution >= 0.6 is 0 Å². The molecule has 0 spiro atoms. The Labute approximate surface area is 291 Å². The van der Waals surface area contributed by atoms with Crippen molar-refractivity contribution in [2.24, 2.45) is 15.3 Å². The largest absolute Gasteiger partial charge is 0.508 e. The van der Waals surface area contributed by atoms with E-state index >= 15 is 0 Å². The van der Waals surface area contributed by atoms with Crippen LogP contribution in [0, 0.1) is 0 Å². The zero-order chi connectivity index (χ0) is 34.9. The van der Waals surface area contributed by atoms with Crippen molar-refractivity contribution in [1.29, 1.82) is 0 Å². The minimum atomic E-state index is -4.72. The second kappa shape index (κ2) is 19.8. The van der Waals surface area contributed by atoms with Gasteiger partial charge in [0.1, 0.15) is 22.1 Å². The molecule has 0 aromatic heterocycles. The fourth-order valence-electron chi connectivity index (χ4n) is 5.87. The molecule has 1 aliphatic heterocycles. The van der Waals surface area contributed by atoms with Crippen LogP contribution in [0.1, 0.15) is 110 Å². The SMILES string of the molecule is CCCCCCCCCCCCCCCCCC1=NN(c2ccc(Oc3ccccc3)c(S(=O)(=O)O)c2)C(=O)[C@@H]1N=Nc1cccc(O)c1. The van der Waals surface area contributed by atoms with Gasteiger partial charge < -0.3 is 9.84 Å². The van der Waals surface area contributed by atoms with Crippen LogP contribution in [0.5, 0.6) is 17.2 Å². The Balaban J connectivity index is 1.36. The van der Waals surface area contributed by atoms with Crippen LogP contribution in [0.15, 0.2) is 93.0 Å². The van der Waals surface area contributed by atoms with Gasteiger partial charge in [-0.1, -0.05) is 121 Å². The van der Waals surface area contributed by atoms with E-state index < -0.39 is 27.0 Å². The monoisotopic (exact) mass is 690 g/mol. The van der Waals surface area contributed by atoms with E-state index in [0.29, 0.717) is 23.6 Å². The van der Waals surface area contributed by atoms with E-state index in [1.165, 1.54) is 101 Å². The molecule has 0 fully saturated rings. The first-order valence-electron chi connectivity index (χ1n) is 17.7. The Bertz CT molecular complexity index is 1640. The third-order valence-electron chi connectivity index (χ3n) is 8.56. The number of carbonyl (C=O) groups is 1. The minimum absolute atomic E-state index is 0.0260. The topological polar surface area (TPSA) is 141 Å². The summed E-state index contributed by atoms with van der Waals surface area (Å²) in [5, 5.41) is 24.0. The van der Waals surface area contributed by atoms with Gasteiger partial charge in [0, 0.05) is 6.07 Å². The molecule has 3 aromatic carbocycles. The van der Waals surface area contributed by atoms with E-state index in [0.717, 1.165) is 30.3 Å². The van der Waals surface area contributed by atoms with E-state index in [4.69, 9.17) is 4.74 Å². The molecular formula is C38H50N4O6S. The summed E-state index contributed by atoms with van der Waals surface area (Å²) in [6.07, 6.45) is 19.2. The van der Waals surface area contributed by atoms with E-state index in [9.17, 15) is 22.9 Å². The zero-order valence-corrected chi connectivity index (χ0v) is 29.4. The number of amides is 1. The lowest BCUT2D eigenvalue weighted by atomic mass is 10.0. The number of phenols is 1. The molecule has 0 aliphatic carbocycles. The number of phenolic OH excluding ortho intramolecular Hbond substituents is 1. The molecule has 49 heavy (non-hydrogen) atoms. The van der Waals surface area contributed by atoms with Gasteiger partial charge in [0.15, 0.2) is 6.04 Å². The molecule has 1 atom stereocenters. The fourth-order valence-corrected chi connectivity index (χ4v) is 6.50. The van der Waals surface area contributed by atoms with Crippen molar-refractivity contribution in [3.8, 4) is 17.2 Å². The Hall–Kier alpha value is -4.09. The summed E-state index contributed by atoms with van der Waals surface area (Å²) in [6.45, 7) is 2.25. The Morgan fingerprint density at radius 3 is 1.98 bits per heavy atom. The molecule has 0 saturated heterocycles. The standard InChI is InChI=1S/C38H50N4O6S/c1-2-3-4-5-6-7-8-9-10-11-12-13-14-15-19-25-34-37(40-39-30-21-20-22-32(43)28-30)38(44)42(41-34)31-26-27-35(36(29-31)49(45,46)47)48-33-23-17-16-18-24-33/h16-18,20-24,26-29,37,43H,2-15,19,25H2,1H3,(H,45,46,47)/t37-/m1/s1. The van der Waals surface area contributed by atoms with Crippen LogP contribution in [-0.4, -0.2) is 35.7 Å². The first-order chi connectivity index (χ1) is 23.8. The lowest BCUT2D eigenvalue weighted by molar-refractivity contribution is -0.117. The summed E-state index contributed by atoms with van der Waals surface area (Å²) in [7, 11) is -4.72. The number of azo groups is 1. The maximum atomic E-state index is 13.7. The summed E-state index contributed by atoms with van der Waals surface area (Å²) in [5.41, 5.74) is 1.04. The maximum absolute atomic E-state index is 13.7. The van der Waals surface area contributed by atoms with Crippen molar-refractivity contribution >= 4 is 33.1 Å². The Morgan fingerprint density at radius 1 is 0.776 bits per heavy atom. The number of aromatic hydroxyl groups is 1. The molecule has 1 heterocycles. The van der Waals surface area contributed by atoms with Gasteiger partial charge in [0.2, 0.25) is 0 Å². The third-order valence-corrected chi connectivity index (χ3v) is 9.44. The van der Waals surface area contributed by atoms with Crippen molar-refractivity contribution in [2.45, 2.75) is 121 Å². The Kier molecular flexibility index (Phi) is 15.2. The van der Waals surface area contributed by atoms with Gasteiger partial charge in [-0.25, -0.2) is 0 Å². The average molecular weight is 691 g/mol. The molecule has 264 valence electrons. The van der Waals surface area contributed by atoms with Crippen LogP contribution in [0.4, 0.5) is 11.4 Å². The van der Waals surface area contributed by atoms with Crippen molar-refractivity contribution in [2.75, 3.05) is 5.01 Å². The number of hydrogen-bond donors (Lipinski definition) is 2. The smallest absolute Gasteiger partial charge is 0.298 e. The van der Waals surface area contributed by atoms with Crippen molar-refractivity contribution < 1.29 is 27.6 Å². The third kappa shape index (κ3) is 12.4. The summed E-state index contributed by atoms with van der Waals surface area (Å²) in [6, 6.07) is 17.9. The number of benzene rings is 3. The highest BCUT2D eigenvalue weighted by atomic mass is 32.2. The normalized spacial score (nSPS) is 14.9. The Morgan fingerprint density at radius 2 is 1.39 bits per heavy atom. The second-order valence-corrected chi connectivity index (χ2v) is 14.0. The molecule has 0 bridgehead atoms. The molecule has 4 rings (SSSR count). The molecule has 1 amide bonds. The van der Waals surface area contributed by atoms with Gasteiger partial charge in [0.25, 0.3) is 16.0 Å². The molecule has 11 heteroatoms. The fraction of sp³-hybridized carbons (Fsp3) is 0.474. The van der Waals surface area contributed by atoms with E-state index in [-0.39, 0.29) is 17.2 Å². The van der Waals surface area contributed by atoms with Gasteiger partial charge >= 0.3 is 0 Å². The first-order valence-corrected chi connectivity index (χ1v) is 19.2. The lowest BCUT2D eigenvalue weighted by Crippen LogP contribution is -2.30. The van der Waals surface area contributed by atoms with Gasteiger partial charge in [-0.2, -0.15) is 28.8 Å². The number of hydrazone groups is 1. The molecule has 0 unspecified atom stereocenters. The number of carbonyl (C=O) groups excluding carboxylic acids is 1. The number of rotatable bonds is 22. The highest BCUT2D eigenvalue weighted by Crippen LogP contribution is 2.34. The predicted molar refractivity (Wildman–Crippen MR) is 194 cm³/mol. The predicted octanol–water partition coefficient (Wildman–Crippen LogP) is 10.5. The van der Waals surface area contributed by atoms with Crippen LogP contribution in [0.2, 0.25) is 0 Å². The molecule has 0 saturated carbocycles. The van der Waals surface area contributed by atoms with E-state index in [1.54, 1.807) is 42.5 Å². The van der Waals surface area contributed by atoms with Crippen LogP contribution in [0.3, 0.4) is 0 Å².